The minimum Gasteiger partial charge on any atom is -0.392 e. The molecule has 1 aromatic carbocycles. The van der Waals surface area contributed by atoms with Gasteiger partial charge in [-0.1, -0.05) is 11.2 Å². The Morgan fingerprint density at radius 1 is 1.29 bits per heavy atom. The molecule has 0 unspecified atom stereocenters. The maximum absolute atomic E-state index is 9.36. The molecule has 0 aliphatic heterocycles. The minimum absolute atomic E-state index is 0.0333. The highest BCUT2D eigenvalue weighted by atomic mass is 16.3. The van der Waals surface area contributed by atoms with E-state index in [1.54, 1.807) is 17.0 Å². The summed E-state index contributed by atoms with van der Waals surface area (Å²) in [5, 5.41) is 21.8. The molecule has 0 radical (unpaired) electrons. The van der Waals surface area contributed by atoms with Gasteiger partial charge in [-0.15, -0.1) is 0 Å². The van der Waals surface area contributed by atoms with Crippen LogP contribution in [-0.2, 0) is 13.7 Å². The molecular weight excluding hydrogens is 270 g/mol. The molecule has 0 spiro atoms. The monoisotopic (exact) mass is 281 g/mol. The number of imidazole rings is 1. The van der Waals surface area contributed by atoms with Crippen LogP contribution in [0.1, 0.15) is 5.56 Å². The molecule has 0 aliphatic rings. The van der Waals surface area contributed by atoms with Crippen LogP contribution in [0.15, 0.2) is 30.7 Å². The molecule has 104 valence electrons. The van der Waals surface area contributed by atoms with E-state index in [0.717, 1.165) is 27.9 Å². The number of hydrogen-bond donors (Lipinski definition) is 1. The number of fused-ring (bicyclic) bond motifs is 3. The van der Waals surface area contributed by atoms with Gasteiger partial charge in [0.1, 0.15) is 5.69 Å². The van der Waals surface area contributed by atoms with Crippen LogP contribution in [0.3, 0.4) is 0 Å². The molecule has 4 rings (SSSR count). The number of aliphatic hydroxyl groups excluding tert-OH is 1. The maximum atomic E-state index is 9.36. The van der Waals surface area contributed by atoms with Crippen LogP contribution in [-0.4, -0.2) is 39.7 Å². The van der Waals surface area contributed by atoms with Crippen LogP contribution in [0.25, 0.3) is 28.1 Å². The molecule has 0 saturated heterocycles. The number of aromatic nitrogens is 7. The van der Waals surface area contributed by atoms with E-state index in [4.69, 9.17) is 0 Å². The zero-order valence-electron chi connectivity index (χ0n) is 11.2. The molecule has 8 nitrogen and oxygen atoms in total. The molecule has 4 aromatic rings. The molecular formula is C13H11N7O. The smallest absolute Gasteiger partial charge is 0.274 e. The summed E-state index contributed by atoms with van der Waals surface area (Å²) >= 11 is 0. The first kappa shape index (κ1) is 11.9. The lowest BCUT2D eigenvalue weighted by molar-refractivity contribution is 0.282. The third-order valence-corrected chi connectivity index (χ3v) is 3.45. The Hall–Kier alpha value is -2.87. The molecule has 0 bridgehead atoms. The highest BCUT2D eigenvalue weighted by molar-refractivity contribution is 5.93. The number of benzene rings is 1. The predicted octanol–water partition coefficient (Wildman–Crippen LogP) is 0.565. The fraction of sp³-hybridized carbons (Fsp3) is 0.154. The Labute approximate surface area is 118 Å². The Morgan fingerprint density at radius 3 is 2.95 bits per heavy atom. The molecule has 0 saturated carbocycles. The second-order valence-electron chi connectivity index (χ2n) is 4.75. The van der Waals surface area contributed by atoms with Gasteiger partial charge in [-0.3, -0.25) is 0 Å². The largest absolute Gasteiger partial charge is 0.392 e. The summed E-state index contributed by atoms with van der Waals surface area (Å²) in [6, 6.07) is 5.62. The second kappa shape index (κ2) is 4.32. The summed E-state index contributed by atoms with van der Waals surface area (Å²) in [6.07, 6.45) is 3.46. The van der Waals surface area contributed by atoms with Gasteiger partial charge in [0.2, 0.25) is 0 Å². The number of tetrazole rings is 1. The normalized spacial score (nSPS) is 11.5. The highest BCUT2D eigenvalue weighted by Gasteiger charge is 2.15. The van der Waals surface area contributed by atoms with Crippen molar-refractivity contribution in [2.24, 2.45) is 7.05 Å². The van der Waals surface area contributed by atoms with Crippen molar-refractivity contribution in [2.45, 2.75) is 6.61 Å². The summed E-state index contributed by atoms with van der Waals surface area (Å²) in [7, 11) is 1.90. The van der Waals surface area contributed by atoms with Crippen LogP contribution in [0, 0.1) is 0 Å². The SMILES string of the molecule is Cn1cncc1-c1nc2nnnn2c2ccc(CO)cc12. The van der Waals surface area contributed by atoms with Crippen molar-refractivity contribution in [1.29, 1.82) is 0 Å². The van der Waals surface area contributed by atoms with Gasteiger partial charge in [-0.05, 0) is 28.1 Å². The number of nitrogens with zero attached hydrogens (tertiary/aromatic N) is 7. The number of rotatable bonds is 2. The Bertz CT molecular complexity index is 956. The minimum atomic E-state index is -0.0333. The molecule has 0 amide bonds. The Morgan fingerprint density at radius 2 is 2.19 bits per heavy atom. The van der Waals surface area contributed by atoms with E-state index < -0.39 is 0 Å². The van der Waals surface area contributed by atoms with Crippen molar-refractivity contribution in [3.8, 4) is 11.4 Å². The maximum Gasteiger partial charge on any atom is 0.274 e. The first-order chi connectivity index (χ1) is 10.3. The second-order valence-corrected chi connectivity index (χ2v) is 4.75. The quantitative estimate of drug-likeness (QED) is 0.577. The number of hydrogen-bond acceptors (Lipinski definition) is 6. The molecule has 0 aliphatic carbocycles. The van der Waals surface area contributed by atoms with Gasteiger partial charge in [0.05, 0.1) is 30.3 Å². The van der Waals surface area contributed by atoms with Gasteiger partial charge >= 0.3 is 0 Å². The van der Waals surface area contributed by atoms with Crippen LogP contribution in [0.4, 0.5) is 0 Å². The van der Waals surface area contributed by atoms with E-state index in [2.05, 4.69) is 25.5 Å². The summed E-state index contributed by atoms with van der Waals surface area (Å²) in [5.41, 5.74) is 3.24. The van der Waals surface area contributed by atoms with E-state index in [-0.39, 0.29) is 6.61 Å². The van der Waals surface area contributed by atoms with E-state index in [1.807, 2.05) is 29.8 Å². The van der Waals surface area contributed by atoms with Crippen molar-refractivity contribution in [1.82, 2.24) is 34.6 Å². The van der Waals surface area contributed by atoms with Crippen molar-refractivity contribution >= 4 is 16.7 Å². The van der Waals surface area contributed by atoms with Crippen LogP contribution in [0.5, 0.6) is 0 Å². The lowest BCUT2D eigenvalue weighted by Gasteiger charge is -2.08. The van der Waals surface area contributed by atoms with Gasteiger partial charge in [0, 0.05) is 12.4 Å². The number of aryl methyl sites for hydroxylation is 1. The van der Waals surface area contributed by atoms with Gasteiger partial charge in [-0.25, -0.2) is 9.97 Å². The Kier molecular flexibility index (Phi) is 2.45. The summed E-state index contributed by atoms with van der Waals surface area (Å²) in [4.78, 5) is 8.66. The average molecular weight is 281 g/mol. The highest BCUT2D eigenvalue weighted by Crippen LogP contribution is 2.27. The summed E-state index contributed by atoms with van der Waals surface area (Å²) in [5.74, 6) is 0.426. The standard InChI is InChI=1S/C13H11N7O/c1-19-7-14-5-11(19)12-9-4-8(6-21)2-3-10(9)20-13(15-12)16-17-18-20/h2-5,7,21H,6H2,1H3. The average Bonchev–Trinajstić information content (AvgIpc) is 3.14. The van der Waals surface area contributed by atoms with Gasteiger partial charge in [-0.2, -0.15) is 4.52 Å². The predicted molar refractivity (Wildman–Crippen MR) is 74.2 cm³/mol. The van der Waals surface area contributed by atoms with Crippen molar-refractivity contribution in [2.75, 3.05) is 0 Å². The van der Waals surface area contributed by atoms with E-state index >= 15 is 0 Å². The van der Waals surface area contributed by atoms with E-state index in [9.17, 15) is 5.11 Å². The Balaban J connectivity index is 2.17. The molecule has 8 heteroatoms. The van der Waals surface area contributed by atoms with Crippen LogP contribution >= 0.6 is 0 Å². The topological polar surface area (TPSA) is 94.0 Å². The molecule has 3 aromatic heterocycles. The fourth-order valence-electron chi connectivity index (χ4n) is 2.40. The molecule has 1 N–H and O–H groups in total. The third kappa shape index (κ3) is 1.69. The van der Waals surface area contributed by atoms with Crippen molar-refractivity contribution in [3.63, 3.8) is 0 Å². The summed E-state index contributed by atoms with van der Waals surface area (Å²) in [6.45, 7) is -0.0333. The van der Waals surface area contributed by atoms with Gasteiger partial charge in [0.15, 0.2) is 0 Å². The van der Waals surface area contributed by atoms with Gasteiger partial charge in [0.25, 0.3) is 5.78 Å². The lowest BCUT2D eigenvalue weighted by atomic mass is 10.1. The first-order valence-electron chi connectivity index (χ1n) is 6.36. The van der Waals surface area contributed by atoms with Crippen molar-refractivity contribution in [3.05, 3.63) is 36.3 Å². The zero-order chi connectivity index (χ0) is 14.4. The van der Waals surface area contributed by atoms with Gasteiger partial charge < -0.3 is 9.67 Å². The number of aliphatic hydroxyl groups is 1. The van der Waals surface area contributed by atoms with E-state index in [1.165, 1.54) is 0 Å². The lowest BCUT2D eigenvalue weighted by Crippen LogP contribution is -2.00. The fourth-order valence-corrected chi connectivity index (χ4v) is 2.40. The van der Waals surface area contributed by atoms with Crippen molar-refractivity contribution < 1.29 is 5.11 Å². The molecule has 3 heterocycles. The van der Waals surface area contributed by atoms with Crippen LogP contribution < -0.4 is 0 Å². The van der Waals surface area contributed by atoms with E-state index in [0.29, 0.717) is 5.78 Å². The zero-order valence-corrected chi connectivity index (χ0v) is 11.2. The molecule has 21 heavy (non-hydrogen) atoms. The third-order valence-electron chi connectivity index (χ3n) is 3.45. The molecule has 0 atom stereocenters. The first-order valence-corrected chi connectivity index (χ1v) is 6.36. The summed E-state index contributed by atoms with van der Waals surface area (Å²) < 4.78 is 3.46. The van der Waals surface area contributed by atoms with Crippen LogP contribution in [0.2, 0.25) is 0 Å². The molecule has 0 fully saturated rings.